The topological polar surface area (TPSA) is 80.0 Å². The van der Waals surface area contributed by atoms with Crippen molar-refractivity contribution in [3.05, 3.63) is 80.8 Å². The highest BCUT2D eigenvalue weighted by Crippen LogP contribution is 2.21. The molecule has 0 fully saturated rings. The van der Waals surface area contributed by atoms with Gasteiger partial charge in [0.1, 0.15) is 17.3 Å². The van der Waals surface area contributed by atoms with Gasteiger partial charge in [-0.1, -0.05) is 26.0 Å². The van der Waals surface area contributed by atoms with Gasteiger partial charge >= 0.3 is 0 Å². The Morgan fingerprint density at radius 2 is 1.69 bits per heavy atom. The number of halogens is 2. The van der Waals surface area contributed by atoms with Crippen molar-refractivity contribution in [2.24, 2.45) is 0 Å². The monoisotopic (exact) mass is 402 g/mol. The van der Waals surface area contributed by atoms with Crippen molar-refractivity contribution in [2.75, 3.05) is 5.32 Å². The Morgan fingerprint density at radius 1 is 1.03 bits per heavy atom. The molecule has 0 aliphatic rings. The standard InChI is InChI=1S/C19H18F2N4O2.C2H6/c1-11-3-4-13(10-26)7-17(11)22-19-23-18(27)12(2)24-25(19)9-14-5-15(20)8-16(21)6-14;1-2/h3-8,26H,9-10H2,1-2H3,(H,22,23,27);1-2H3. The molecule has 0 spiro atoms. The van der Waals surface area contributed by atoms with Crippen LogP contribution < -0.4 is 10.9 Å². The number of aromatic nitrogens is 3. The largest absolute Gasteiger partial charge is 0.392 e. The average molecular weight is 402 g/mol. The molecule has 0 aliphatic carbocycles. The van der Waals surface area contributed by atoms with E-state index in [0.717, 1.165) is 11.6 Å². The zero-order chi connectivity index (χ0) is 21.6. The van der Waals surface area contributed by atoms with E-state index in [-0.39, 0.29) is 24.8 Å². The smallest absolute Gasteiger partial charge is 0.296 e. The lowest BCUT2D eigenvalue weighted by molar-refractivity contribution is 0.282. The minimum atomic E-state index is -0.697. The summed E-state index contributed by atoms with van der Waals surface area (Å²) in [5, 5.41) is 16.5. The summed E-state index contributed by atoms with van der Waals surface area (Å²) < 4.78 is 28.3. The lowest BCUT2D eigenvalue weighted by atomic mass is 10.1. The molecule has 8 heteroatoms. The summed E-state index contributed by atoms with van der Waals surface area (Å²) in [6.07, 6.45) is 0. The Balaban J connectivity index is 0.00000145. The number of aryl methyl sites for hydroxylation is 2. The van der Waals surface area contributed by atoms with Crippen LogP contribution in [0.15, 0.2) is 41.2 Å². The van der Waals surface area contributed by atoms with E-state index in [1.54, 1.807) is 12.1 Å². The number of nitrogens with one attached hydrogen (secondary N) is 1. The summed E-state index contributed by atoms with van der Waals surface area (Å²) in [6, 6.07) is 8.51. The molecule has 0 amide bonds. The van der Waals surface area contributed by atoms with Gasteiger partial charge < -0.3 is 10.4 Å². The second-order valence-electron chi connectivity index (χ2n) is 6.19. The number of aliphatic hydroxyl groups is 1. The van der Waals surface area contributed by atoms with Gasteiger partial charge in [-0.3, -0.25) is 4.79 Å². The molecule has 29 heavy (non-hydrogen) atoms. The third-order valence-electron chi connectivity index (χ3n) is 4.02. The zero-order valence-corrected chi connectivity index (χ0v) is 16.8. The lowest BCUT2D eigenvalue weighted by Gasteiger charge is -2.15. The summed E-state index contributed by atoms with van der Waals surface area (Å²) in [7, 11) is 0. The van der Waals surface area contributed by atoms with E-state index >= 15 is 0 Å². The van der Waals surface area contributed by atoms with Crippen LogP contribution in [0.3, 0.4) is 0 Å². The van der Waals surface area contributed by atoms with Gasteiger partial charge in [0.2, 0.25) is 5.95 Å². The second kappa shape index (κ2) is 9.88. The Bertz CT molecular complexity index is 1030. The minimum Gasteiger partial charge on any atom is -0.392 e. The predicted octanol–water partition coefficient (Wildman–Crippen LogP) is 3.84. The number of rotatable bonds is 5. The van der Waals surface area contributed by atoms with E-state index in [1.807, 2.05) is 26.8 Å². The first-order valence-electron chi connectivity index (χ1n) is 9.24. The molecule has 3 aromatic rings. The quantitative estimate of drug-likeness (QED) is 0.678. The summed E-state index contributed by atoms with van der Waals surface area (Å²) in [4.78, 5) is 16.0. The van der Waals surface area contributed by atoms with Crippen molar-refractivity contribution in [3.8, 4) is 0 Å². The van der Waals surface area contributed by atoms with Gasteiger partial charge in [0.05, 0.1) is 13.2 Å². The Kier molecular flexibility index (Phi) is 7.55. The van der Waals surface area contributed by atoms with Crippen molar-refractivity contribution in [1.82, 2.24) is 14.8 Å². The Labute approximate surface area is 167 Å². The molecule has 6 nitrogen and oxygen atoms in total. The summed E-state index contributed by atoms with van der Waals surface area (Å²) in [6.45, 7) is 7.25. The van der Waals surface area contributed by atoms with E-state index in [4.69, 9.17) is 0 Å². The van der Waals surface area contributed by atoms with Gasteiger partial charge in [-0.15, -0.1) is 0 Å². The molecule has 154 valence electrons. The maximum absolute atomic E-state index is 13.5. The number of aliphatic hydroxyl groups excluding tert-OH is 1. The molecule has 1 aromatic heterocycles. The van der Waals surface area contributed by atoms with Crippen LogP contribution in [0.5, 0.6) is 0 Å². The molecule has 0 radical (unpaired) electrons. The fourth-order valence-corrected chi connectivity index (χ4v) is 2.61. The van der Waals surface area contributed by atoms with E-state index < -0.39 is 17.2 Å². The van der Waals surface area contributed by atoms with Crippen LogP contribution in [0.4, 0.5) is 20.4 Å². The molecule has 0 aliphatic heterocycles. The summed E-state index contributed by atoms with van der Waals surface area (Å²) in [5.74, 6) is -1.26. The van der Waals surface area contributed by atoms with Crippen molar-refractivity contribution < 1.29 is 13.9 Å². The molecule has 0 saturated heterocycles. The molecule has 2 N–H and O–H groups in total. The van der Waals surface area contributed by atoms with Crippen LogP contribution in [0, 0.1) is 25.5 Å². The molecule has 1 heterocycles. The van der Waals surface area contributed by atoms with Crippen LogP contribution in [0.25, 0.3) is 0 Å². The first-order valence-corrected chi connectivity index (χ1v) is 9.24. The average Bonchev–Trinajstić information content (AvgIpc) is 2.68. The normalized spacial score (nSPS) is 10.3. The minimum absolute atomic E-state index is 0.0177. The fraction of sp³-hybridized carbons (Fsp3) is 0.286. The second-order valence-corrected chi connectivity index (χ2v) is 6.19. The number of benzene rings is 2. The van der Waals surface area contributed by atoms with E-state index in [9.17, 15) is 18.7 Å². The molecule has 0 saturated carbocycles. The van der Waals surface area contributed by atoms with Crippen molar-refractivity contribution in [3.63, 3.8) is 0 Å². The van der Waals surface area contributed by atoms with Gasteiger partial charge in [0.25, 0.3) is 5.56 Å². The molecule has 2 aromatic carbocycles. The van der Waals surface area contributed by atoms with Crippen LogP contribution >= 0.6 is 0 Å². The van der Waals surface area contributed by atoms with Crippen LogP contribution in [-0.4, -0.2) is 19.9 Å². The molecule has 3 rings (SSSR count). The SMILES string of the molecule is CC.Cc1ccc(CO)cc1Nc1nc(=O)c(C)nn1Cc1cc(F)cc(F)c1. The van der Waals surface area contributed by atoms with Crippen molar-refractivity contribution in [2.45, 2.75) is 40.8 Å². The predicted molar refractivity (Wildman–Crippen MR) is 108 cm³/mol. The number of nitrogens with zero attached hydrogens (tertiary/aromatic N) is 3. The molecular formula is C21H24F2N4O2. The lowest BCUT2D eigenvalue weighted by Crippen LogP contribution is -2.23. The van der Waals surface area contributed by atoms with Gasteiger partial charge in [-0.25, -0.2) is 13.5 Å². The highest BCUT2D eigenvalue weighted by Gasteiger charge is 2.11. The van der Waals surface area contributed by atoms with Gasteiger partial charge in [-0.05, 0) is 48.7 Å². The fourth-order valence-electron chi connectivity index (χ4n) is 2.61. The first-order chi connectivity index (χ1) is 13.9. The van der Waals surface area contributed by atoms with Crippen LogP contribution in [0.2, 0.25) is 0 Å². The van der Waals surface area contributed by atoms with E-state index in [0.29, 0.717) is 16.8 Å². The third kappa shape index (κ3) is 5.68. The number of hydrogen-bond acceptors (Lipinski definition) is 5. The Hall–Kier alpha value is -3.13. The number of anilines is 2. The summed E-state index contributed by atoms with van der Waals surface area (Å²) in [5.41, 5.74) is 2.19. The van der Waals surface area contributed by atoms with E-state index in [2.05, 4.69) is 15.4 Å². The van der Waals surface area contributed by atoms with Crippen LogP contribution in [-0.2, 0) is 13.2 Å². The van der Waals surface area contributed by atoms with Crippen LogP contribution in [0.1, 0.15) is 36.2 Å². The highest BCUT2D eigenvalue weighted by atomic mass is 19.1. The Morgan fingerprint density at radius 3 is 2.31 bits per heavy atom. The molecule has 0 bridgehead atoms. The van der Waals surface area contributed by atoms with E-state index in [1.165, 1.54) is 23.7 Å². The van der Waals surface area contributed by atoms with Crippen molar-refractivity contribution in [1.29, 1.82) is 0 Å². The van der Waals surface area contributed by atoms with Gasteiger partial charge in [0, 0.05) is 11.8 Å². The molecule has 0 unspecified atom stereocenters. The maximum Gasteiger partial charge on any atom is 0.296 e. The highest BCUT2D eigenvalue weighted by molar-refractivity contribution is 5.59. The van der Waals surface area contributed by atoms with Crippen molar-refractivity contribution >= 4 is 11.6 Å². The van der Waals surface area contributed by atoms with Gasteiger partial charge in [0.15, 0.2) is 0 Å². The van der Waals surface area contributed by atoms with Gasteiger partial charge in [-0.2, -0.15) is 10.1 Å². The number of hydrogen-bond donors (Lipinski definition) is 2. The first kappa shape index (κ1) is 22.2. The maximum atomic E-state index is 13.5. The molecular weight excluding hydrogens is 378 g/mol. The zero-order valence-electron chi connectivity index (χ0n) is 16.8. The third-order valence-corrected chi connectivity index (χ3v) is 4.02. The molecule has 0 atom stereocenters. The summed E-state index contributed by atoms with van der Waals surface area (Å²) >= 11 is 0.